The molecule has 2 aliphatic rings. The molecule has 1 fully saturated rings. The van der Waals surface area contributed by atoms with Crippen molar-refractivity contribution in [2.75, 3.05) is 26.3 Å². The lowest BCUT2D eigenvalue weighted by Crippen LogP contribution is -2.38. The molecule has 114 valence electrons. The molecule has 0 radical (unpaired) electrons. The van der Waals surface area contributed by atoms with Crippen LogP contribution in [0.3, 0.4) is 0 Å². The molecule has 2 rings (SSSR count). The maximum Gasteiger partial charge on any atom is 0.357 e. The summed E-state index contributed by atoms with van der Waals surface area (Å²) in [7, 11) is 0. The van der Waals surface area contributed by atoms with Crippen LogP contribution in [0.1, 0.15) is 6.92 Å². The molecule has 8 nitrogen and oxygen atoms in total. The zero-order valence-corrected chi connectivity index (χ0v) is 11.7. The molecule has 21 heavy (non-hydrogen) atoms. The number of hydrazine groups is 1. The molecule has 0 aliphatic carbocycles. The number of fused-ring (bicyclic) bond motifs is 1. The number of nitrogens with two attached hydrogens (primary N) is 1. The molecule has 1 saturated heterocycles. The van der Waals surface area contributed by atoms with Gasteiger partial charge in [-0.15, -0.1) is 0 Å². The fourth-order valence-corrected chi connectivity index (χ4v) is 2.25. The fourth-order valence-electron chi connectivity index (χ4n) is 2.25. The van der Waals surface area contributed by atoms with Crippen LogP contribution in [-0.2, 0) is 23.9 Å². The Morgan fingerprint density at radius 2 is 2.14 bits per heavy atom. The number of carbonyl (C=O) groups is 3. The van der Waals surface area contributed by atoms with Crippen LogP contribution in [0.25, 0.3) is 0 Å². The van der Waals surface area contributed by atoms with Crippen molar-refractivity contribution in [2.24, 2.45) is 5.73 Å². The molecule has 0 aromatic rings. The van der Waals surface area contributed by atoms with Gasteiger partial charge < -0.3 is 15.2 Å². The van der Waals surface area contributed by atoms with Crippen LogP contribution >= 0.6 is 0 Å². The number of esters is 2. The standard InChI is InChI=1S/C13H17N3O5/c1-3-5-21-13(19)10-8(12(18)20-4-2)6-15-7-9(14)11(17)16(10)15/h3,9H,1,4-7,14H2,2H3/t9-/m1/s1. The smallest absolute Gasteiger partial charge is 0.357 e. The highest BCUT2D eigenvalue weighted by Crippen LogP contribution is 2.30. The average molecular weight is 295 g/mol. The van der Waals surface area contributed by atoms with E-state index in [1.165, 1.54) is 11.1 Å². The number of hydrogen-bond acceptors (Lipinski definition) is 7. The second kappa shape index (κ2) is 6.06. The molecule has 1 atom stereocenters. The SMILES string of the molecule is C=CCOC(=O)C1=C(C(=O)OCC)CN2C[C@@H](N)C(=O)N12. The summed E-state index contributed by atoms with van der Waals surface area (Å²) >= 11 is 0. The largest absolute Gasteiger partial charge is 0.463 e. The van der Waals surface area contributed by atoms with Gasteiger partial charge in [-0.2, -0.15) is 0 Å². The third-order valence-electron chi connectivity index (χ3n) is 3.10. The minimum atomic E-state index is -0.775. The van der Waals surface area contributed by atoms with Crippen LogP contribution in [0.5, 0.6) is 0 Å². The van der Waals surface area contributed by atoms with Gasteiger partial charge in [-0.05, 0) is 6.92 Å². The van der Waals surface area contributed by atoms with Gasteiger partial charge in [-0.25, -0.2) is 19.6 Å². The molecule has 2 aliphatic heterocycles. The first-order chi connectivity index (χ1) is 10.0. The molecule has 0 aromatic heterocycles. The van der Waals surface area contributed by atoms with Gasteiger partial charge >= 0.3 is 11.9 Å². The quantitative estimate of drug-likeness (QED) is 0.509. The van der Waals surface area contributed by atoms with E-state index in [-0.39, 0.29) is 37.6 Å². The normalized spacial score (nSPS) is 21.5. The molecule has 2 N–H and O–H groups in total. The van der Waals surface area contributed by atoms with Gasteiger partial charge in [0.15, 0.2) is 5.70 Å². The zero-order valence-electron chi connectivity index (χ0n) is 11.7. The third-order valence-corrected chi connectivity index (χ3v) is 3.10. The van der Waals surface area contributed by atoms with E-state index in [4.69, 9.17) is 15.2 Å². The van der Waals surface area contributed by atoms with Crippen LogP contribution < -0.4 is 5.73 Å². The topological polar surface area (TPSA) is 102 Å². The minimum absolute atomic E-state index is 0.0213. The Morgan fingerprint density at radius 3 is 2.76 bits per heavy atom. The van der Waals surface area contributed by atoms with Crippen molar-refractivity contribution in [3.8, 4) is 0 Å². The summed E-state index contributed by atoms with van der Waals surface area (Å²) in [5, 5.41) is 2.64. The summed E-state index contributed by atoms with van der Waals surface area (Å²) < 4.78 is 9.86. The van der Waals surface area contributed by atoms with Gasteiger partial charge in [-0.3, -0.25) is 4.79 Å². The van der Waals surface area contributed by atoms with Gasteiger partial charge in [0.1, 0.15) is 12.6 Å². The van der Waals surface area contributed by atoms with Crippen LogP contribution in [0, 0.1) is 0 Å². The Labute approximate surface area is 121 Å². The van der Waals surface area contributed by atoms with E-state index in [9.17, 15) is 14.4 Å². The van der Waals surface area contributed by atoms with E-state index in [0.29, 0.717) is 0 Å². The summed E-state index contributed by atoms with van der Waals surface area (Å²) in [5.41, 5.74) is 5.66. The highest BCUT2D eigenvalue weighted by atomic mass is 16.5. The summed E-state index contributed by atoms with van der Waals surface area (Å²) in [6.45, 7) is 5.58. The van der Waals surface area contributed by atoms with Crippen molar-refractivity contribution in [1.82, 2.24) is 10.0 Å². The number of hydrogen-bond donors (Lipinski definition) is 1. The highest BCUT2D eigenvalue weighted by molar-refractivity contribution is 6.05. The van der Waals surface area contributed by atoms with Crippen molar-refractivity contribution in [2.45, 2.75) is 13.0 Å². The van der Waals surface area contributed by atoms with E-state index in [0.717, 1.165) is 5.01 Å². The first-order valence-electron chi connectivity index (χ1n) is 6.54. The lowest BCUT2D eigenvalue weighted by molar-refractivity contribution is -0.146. The van der Waals surface area contributed by atoms with E-state index < -0.39 is 23.9 Å². The van der Waals surface area contributed by atoms with E-state index >= 15 is 0 Å². The molecular weight excluding hydrogens is 278 g/mol. The Morgan fingerprint density at radius 1 is 1.43 bits per heavy atom. The maximum absolute atomic E-state index is 12.1. The van der Waals surface area contributed by atoms with Gasteiger partial charge in [0.2, 0.25) is 0 Å². The minimum Gasteiger partial charge on any atom is -0.463 e. The van der Waals surface area contributed by atoms with Crippen LogP contribution in [-0.4, -0.2) is 60.2 Å². The fraction of sp³-hybridized carbons (Fsp3) is 0.462. The lowest BCUT2D eigenvalue weighted by atomic mass is 10.2. The van der Waals surface area contributed by atoms with Crippen LogP contribution in [0.2, 0.25) is 0 Å². The summed E-state index contributed by atoms with van der Waals surface area (Å²) in [4.78, 5) is 36.1. The van der Waals surface area contributed by atoms with Gasteiger partial charge in [0.25, 0.3) is 5.91 Å². The van der Waals surface area contributed by atoms with Crippen LogP contribution in [0.4, 0.5) is 0 Å². The third kappa shape index (κ3) is 2.67. The maximum atomic E-state index is 12.1. The molecule has 1 amide bonds. The van der Waals surface area contributed by atoms with Crippen molar-refractivity contribution in [1.29, 1.82) is 0 Å². The first-order valence-corrected chi connectivity index (χ1v) is 6.54. The van der Waals surface area contributed by atoms with E-state index in [1.807, 2.05) is 0 Å². The number of rotatable bonds is 5. The monoisotopic (exact) mass is 295 g/mol. The number of carbonyl (C=O) groups excluding carboxylic acids is 3. The number of nitrogens with zero attached hydrogens (tertiary/aromatic N) is 2. The van der Waals surface area contributed by atoms with Gasteiger partial charge in [0.05, 0.1) is 18.7 Å². The Balaban J connectivity index is 2.34. The van der Waals surface area contributed by atoms with Crippen molar-refractivity contribution in [3.05, 3.63) is 23.9 Å². The molecule has 0 spiro atoms. The van der Waals surface area contributed by atoms with Gasteiger partial charge in [0, 0.05) is 6.54 Å². The Bertz CT molecular complexity index is 528. The molecule has 0 aromatic carbocycles. The number of amides is 1. The second-order valence-electron chi connectivity index (χ2n) is 4.54. The Kier molecular flexibility index (Phi) is 4.39. The molecule has 0 bridgehead atoms. The summed E-state index contributed by atoms with van der Waals surface area (Å²) in [5.74, 6) is -1.86. The molecule has 0 unspecified atom stereocenters. The highest BCUT2D eigenvalue weighted by Gasteiger charge is 2.48. The lowest BCUT2D eigenvalue weighted by Gasteiger charge is -2.20. The van der Waals surface area contributed by atoms with Crippen molar-refractivity contribution in [3.63, 3.8) is 0 Å². The molecule has 2 heterocycles. The zero-order chi connectivity index (χ0) is 15.6. The van der Waals surface area contributed by atoms with E-state index in [1.54, 1.807) is 6.92 Å². The predicted molar refractivity (Wildman–Crippen MR) is 71.2 cm³/mol. The van der Waals surface area contributed by atoms with Gasteiger partial charge in [-0.1, -0.05) is 12.7 Å². The molecule has 0 saturated carbocycles. The summed E-state index contributed by atoms with van der Waals surface area (Å²) in [6, 6.07) is -0.726. The summed E-state index contributed by atoms with van der Waals surface area (Å²) in [6.07, 6.45) is 1.40. The second-order valence-corrected chi connectivity index (χ2v) is 4.54. The number of ether oxygens (including phenoxy) is 2. The van der Waals surface area contributed by atoms with Crippen molar-refractivity contribution >= 4 is 17.8 Å². The van der Waals surface area contributed by atoms with Crippen LogP contribution in [0.15, 0.2) is 23.9 Å². The molecular formula is C13H17N3O5. The molecule has 8 heteroatoms. The Hall–Kier alpha value is -2.19. The van der Waals surface area contributed by atoms with E-state index in [2.05, 4.69) is 6.58 Å². The van der Waals surface area contributed by atoms with Crippen molar-refractivity contribution < 1.29 is 23.9 Å². The predicted octanol–water partition coefficient (Wildman–Crippen LogP) is -1.07. The average Bonchev–Trinajstić information content (AvgIpc) is 2.94. The first kappa shape index (κ1) is 15.2.